The maximum absolute atomic E-state index is 12.0. The molecule has 2 N–H and O–H groups in total. The largest absolute Gasteiger partial charge is 0.480 e. The van der Waals surface area contributed by atoms with Crippen LogP contribution in [-0.2, 0) is 14.8 Å². The van der Waals surface area contributed by atoms with Gasteiger partial charge in [-0.3, -0.25) is 9.69 Å². The van der Waals surface area contributed by atoms with Gasteiger partial charge in [-0.1, -0.05) is 24.4 Å². The monoisotopic (exact) mass is 362 g/mol. The molecule has 6 nitrogen and oxygen atoms in total. The topological polar surface area (TPSA) is 86.7 Å². The summed E-state index contributed by atoms with van der Waals surface area (Å²) in [6.45, 7) is 1.15. The summed E-state index contributed by atoms with van der Waals surface area (Å²) in [5, 5.41) is 9.12. The molecular formula is C15H23ClN2O4S. The van der Waals surface area contributed by atoms with Gasteiger partial charge in [0.15, 0.2) is 0 Å². The predicted molar refractivity (Wildman–Crippen MR) is 90.2 cm³/mol. The van der Waals surface area contributed by atoms with E-state index < -0.39 is 16.0 Å². The molecule has 23 heavy (non-hydrogen) atoms. The van der Waals surface area contributed by atoms with Crippen molar-refractivity contribution in [3.63, 3.8) is 0 Å². The molecule has 1 rings (SSSR count). The number of halogens is 1. The highest BCUT2D eigenvalue weighted by atomic mass is 35.5. The lowest BCUT2D eigenvalue weighted by atomic mass is 10.2. The molecule has 0 atom stereocenters. The normalized spacial score (nSPS) is 11.8. The third kappa shape index (κ3) is 8.31. The Kier molecular flexibility index (Phi) is 8.54. The second-order valence-corrected chi connectivity index (χ2v) is 7.60. The summed E-state index contributed by atoms with van der Waals surface area (Å²) < 4.78 is 26.6. The minimum atomic E-state index is -3.48. The number of benzene rings is 1. The second-order valence-electron chi connectivity index (χ2n) is 5.40. The number of carbonyl (C=O) groups is 1. The maximum Gasteiger partial charge on any atom is 0.317 e. The van der Waals surface area contributed by atoms with E-state index in [1.807, 2.05) is 0 Å². The Bertz CT molecular complexity index is 590. The van der Waals surface area contributed by atoms with Gasteiger partial charge in [-0.15, -0.1) is 0 Å². The molecule has 0 bridgehead atoms. The molecule has 0 heterocycles. The van der Waals surface area contributed by atoms with Crippen LogP contribution >= 0.6 is 11.6 Å². The molecule has 1 aromatic carbocycles. The van der Waals surface area contributed by atoms with E-state index in [1.165, 1.54) is 12.1 Å². The number of hydrogen-bond donors (Lipinski definition) is 2. The molecule has 0 fully saturated rings. The van der Waals surface area contributed by atoms with Crippen molar-refractivity contribution < 1.29 is 18.3 Å². The molecule has 0 aliphatic heterocycles. The van der Waals surface area contributed by atoms with Crippen LogP contribution in [0.3, 0.4) is 0 Å². The molecule has 0 aromatic heterocycles. The Morgan fingerprint density at radius 2 is 1.78 bits per heavy atom. The van der Waals surface area contributed by atoms with Crippen LogP contribution in [0.25, 0.3) is 0 Å². The van der Waals surface area contributed by atoms with Gasteiger partial charge in [-0.25, -0.2) is 13.1 Å². The molecule has 0 amide bonds. The van der Waals surface area contributed by atoms with Crippen molar-refractivity contribution in [2.75, 3.05) is 26.7 Å². The minimum Gasteiger partial charge on any atom is -0.480 e. The molecule has 1 aromatic rings. The van der Waals surface area contributed by atoms with Gasteiger partial charge < -0.3 is 5.11 Å². The van der Waals surface area contributed by atoms with E-state index in [0.29, 0.717) is 11.6 Å². The van der Waals surface area contributed by atoms with Crippen LogP contribution in [0.2, 0.25) is 5.02 Å². The summed E-state index contributed by atoms with van der Waals surface area (Å²) in [7, 11) is -1.71. The fourth-order valence-electron chi connectivity index (χ4n) is 2.07. The highest BCUT2D eigenvalue weighted by Gasteiger charge is 2.12. The van der Waals surface area contributed by atoms with Crippen LogP contribution in [0.5, 0.6) is 0 Å². The molecule has 0 spiro atoms. The molecule has 0 unspecified atom stereocenters. The average molecular weight is 363 g/mol. The Morgan fingerprint density at radius 3 is 2.39 bits per heavy atom. The number of sulfonamides is 1. The lowest BCUT2D eigenvalue weighted by molar-refractivity contribution is -0.137. The van der Waals surface area contributed by atoms with Gasteiger partial charge in [0.1, 0.15) is 0 Å². The molecule has 8 heteroatoms. The third-order valence-corrected chi connectivity index (χ3v) is 5.02. The Balaban J connectivity index is 2.17. The van der Waals surface area contributed by atoms with Gasteiger partial charge in [-0.2, -0.15) is 0 Å². The molecule has 0 saturated carbocycles. The first-order valence-corrected chi connectivity index (χ1v) is 9.33. The van der Waals surface area contributed by atoms with Gasteiger partial charge in [-0.05, 0) is 50.7 Å². The molecule has 0 aliphatic rings. The zero-order valence-corrected chi connectivity index (χ0v) is 14.7. The van der Waals surface area contributed by atoms with Crippen LogP contribution in [-0.4, -0.2) is 51.1 Å². The first-order chi connectivity index (χ1) is 10.8. The van der Waals surface area contributed by atoms with E-state index in [1.54, 1.807) is 24.1 Å². The Morgan fingerprint density at radius 1 is 1.17 bits per heavy atom. The highest BCUT2D eigenvalue weighted by molar-refractivity contribution is 7.89. The summed E-state index contributed by atoms with van der Waals surface area (Å²) in [6.07, 6.45) is 3.47. The molecule has 0 radical (unpaired) electrons. The third-order valence-electron chi connectivity index (χ3n) is 3.29. The fraction of sp³-hybridized carbons (Fsp3) is 0.533. The lowest BCUT2D eigenvalue weighted by Gasteiger charge is -2.13. The van der Waals surface area contributed by atoms with Gasteiger partial charge in [0.05, 0.1) is 11.4 Å². The summed E-state index contributed by atoms with van der Waals surface area (Å²) in [6, 6.07) is 6.04. The van der Waals surface area contributed by atoms with E-state index >= 15 is 0 Å². The van der Waals surface area contributed by atoms with Crippen LogP contribution in [0.4, 0.5) is 0 Å². The number of hydrogen-bond acceptors (Lipinski definition) is 4. The van der Waals surface area contributed by atoms with Crippen molar-refractivity contribution in [2.45, 2.75) is 30.6 Å². The van der Waals surface area contributed by atoms with E-state index in [9.17, 15) is 13.2 Å². The van der Waals surface area contributed by atoms with Crippen LogP contribution in [0.1, 0.15) is 25.7 Å². The predicted octanol–water partition coefficient (Wildman–Crippen LogP) is 2.20. The standard InChI is InChI=1S/C15H23ClN2O4S/c1-18(12-15(19)20)11-5-3-2-4-10-17-23(21,22)14-8-6-13(16)7-9-14/h6-9,17H,2-5,10-12H2,1H3,(H,19,20). The molecule has 0 aliphatic carbocycles. The average Bonchev–Trinajstić information content (AvgIpc) is 2.46. The summed E-state index contributed by atoms with van der Waals surface area (Å²) >= 11 is 5.74. The second kappa shape index (κ2) is 9.87. The fourth-order valence-corrected chi connectivity index (χ4v) is 3.27. The maximum atomic E-state index is 12.0. The van der Waals surface area contributed by atoms with Crippen LogP contribution in [0.15, 0.2) is 29.2 Å². The SMILES string of the molecule is CN(CCCCCCNS(=O)(=O)c1ccc(Cl)cc1)CC(=O)O. The number of carboxylic acid groups (broad SMARTS) is 1. The number of rotatable bonds is 11. The number of carboxylic acids is 1. The molecule has 0 saturated heterocycles. The van der Waals surface area contributed by atoms with E-state index in [-0.39, 0.29) is 11.4 Å². The summed E-state index contributed by atoms with van der Waals surface area (Å²) in [5.74, 6) is -0.830. The minimum absolute atomic E-state index is 0.0426. The number of unbranched alkanes of at least 4 members (excludes halogenated alkanes) is 3. The highest BCUT2D eigenvalue weighted by Crippen LogP contribution is 2.13. The van der Waals surface area contributed by atoms with Crippen LogP contribution < -0.4 is 4.72 Å². The summed E-state index contributed by atoms with van der Waals surface area (Å²) in [4.78, 5) is 12.5. The Labute approximate surface area is 142 Å². The smallest absolute Gasteiger partial charge is 0.317 e. The van der Waals surface area contributed by atoms with Crippen molar-refractivity contribution in [3.8, 4) is 0 Å². The van der Waals surface area contributed by atoms with E-state index in [4.69, 9.17) is 16.7 Å². The quantitative estimate of drug-likeness (QED) is 0.589. The number of nitrogens with one attached hydrogen (secondary N) is 1. The first-order valence-electron chi connectivity index (χ1n) is 7.47. The van der Waals surface area contributed by atoms with Gasteiger partial charge in [0.25, 0.3) is 0 Å². The number of aliphatic carboxylic acids is 1. The number of nitrogens with zero attached hydrogens (tertiary/aromatic N) is 1. The van der Waals surface area contributed by atoms with Crippen LogP contribution in [0, 0.1) is 0 Å². The van der Waals surface area contributed by atoms with Gasteiger partial charge in [0, 0.05) is 11.6 Å². The Hall–Kier alpha value is -1.15. The van der Waals surface area contributed by atoms with Crippen molar-refractivity contribution in [1.29, 1.82) is 0 Å². The first kappa shape index (κ1) is 19.9. The van der Waals surface area contributed by atoms with E-state index in [2.05, 4.69) is 4.72 Å². The zero-order chi connectivity index (χ0) is 17.3. The number of likely N-dealkylation sites (N-methyl/N-ethyl adjacent to an activating group) is 1. The zero-order valence-electron chi connectivity index (χ0n) is 13.2. The van der Waals surface area contributed by atoms with Crippen molar-refractivity contribution in [3.05, 3.63) is 29.3 Å². The molecular weight excluding hydrogens is 340 g/mol. The van der Waals surface area contributed by atoms with Gasteiger partial charge in [0.2, 0.25) is 10.0 Å². The van der Waals surface area contributed by atoms with Gasteiger partial charge >= 0.3 is 5.97 Å². The lowest BCUT2D eigenvalue weighted by Crippen LogP contribution is -2.26. The van der Waals surface area contributed by atoms with E-state index in [0.717, 1.165) is 32.2 Å². The van der Waals surface area contributed by atoms with Crippen molar-refractivity contribution in [1.82, 2.24) is 9.62 Å². The molecule has 130 valence electrons. The van der Waals surface area contributed by atoms with Crippen molar-refractivity contribution in [2.24, 2.45) is 0 Å². The summed E-state index contributed by atoms with van der Waals surface area (Å²) in [5.41, 5.74) is 0. The van der Waals surface area contributed by atoms with Crippen molar-refractivity contribution >= 4 is 27.6 Å².